The second kappa shape index (κ2) is 33.5. The minimum Gasteiger partial charge on any atom is -0.520 e. The number of benzene rings is 5. The van der Waals surface area contributed by atoms with Gasteiger partial charge in [-0.25, -0.2) is 19.2 Å². The molecule has 0 unspecified atom stereocenters. The SMILES string of the molecule is CN(C(=O)OC(C)(C)C)[C@@H](Cc1ccccc1)C(=O)C[C@@H](Cc1ccccc1)C(=O)O.CN(C(=O)OC(C)(C)C)[C@@H](Cc1ccccc1)C(=O)C[C@@H](Cc1ccccc1)C(=O)O[Si](C)(C)C.CN(C(=O)OC(C)(C)C)[C@@H](Cc1ccccc1)C(=O)O. The van der Waals surface area contributed by atoms with Crippen LogP contribution in [0.15, 0.2) is 152 Å². The number of rotatable bonds is 23. The van der Waals surface area contributed by atoms with Crippen molar-refractivity contribution in [1.82, 2.24) is 14.7 Å². The van der Waals surface area contributed by atoms with E-state index in [4.69, 9.17) is 18.6 Å². The lowest BCUT2D eigenvalue weighted by Crippen LogP contribution is -2.47. The van der Waals surface area contributed by atoms with Gasteiger partial charge in [-0.2, -0.15) is 0 Å². The van der Waals surface area contributed by atoms with Gasteiger partial charge in [0, 0.05) is 53.2 Å². The Labute approximate surface area is 510 Å². The molecule has 0 aliphatic heterocycles. The molecule has 0 spiro atoms. The molecule has 18 heteroatoms. The molecular formula is C68H91N3O14Si. The fourth-order valence-corrected chi connectivity index (χ4v) is 9.41. The predicted molar refractivity (Wildman–Crippen MR) is 335 cm³/mol. The van der Waals surface area contributed by atoms with Crippen LogP contribution in [0.1, 0.15) is 103 Å². The summed E-state index contributed by atoms with van der Waals surface area (Å²) in [5, 5.41) is 19.0. The van der Waals surface area contributed by atoms with Gasteiger partial charge in [0.05, 0.1) is 23.9 Å². The Morgan fingerprint density at radius 2 is 0.628 bits per heavy atom. The monoisotopic (exact) mass is 1200 g/mol. The second-order valence-electron chi connectivity index (χ2n) is 25.2. The van der Waals surface area contributed by atoms with Crippen LogP contribution in [0.25, 0.3) is 0 Å². The molecule has 0 saturated carbocycles. The van der Waals surface area contributed by atoms with Crippen LogP contribution in [-0.2, 0) is 74.7 Å². The smallest absolute Gasteiger partial charge is 0.410 e. The highest BCUT2D eigenvalue weighted by molar-refractivity contribution is 6.71. The number of hydrogen-bond donors (Lipinski definition) is 2. The normalized spacial score (nSPS) is 13.2. The molecule has 0 radical (unpaired) electrons. The Balaban J connectivity index is 0.000000350. The molecule has 3 amide bonds. The Morgan fingerprint density at radius 1 is 0.384 bits per heavy atom. The molecule has 5 aromatic rings. The fraction of sp³-hybridized carbons (Fsp3) is 0.441. The molecule has 0 aromatic heterocycles. The van der Waals surface area contributed by atoms with E-state index in [1.165, 1.54) is 23.9 Å². The van der Waals surface area contributed by atoms with Crippen molar-refractivity contribution in [3.8, 4) is 0 Å². The average Bonchev–Trinajstić information content (AvgIpc) is 2.97. The number of ketones is 2. The quantitative estimate of drug-likeness (QED) is 0.0459. The highest BCUT2D eigenvalue weighted by atomic mass is 28.4. The number of carboxylic acid groups (broad SMARTS) is 2. The van der Waals surface area contributed by atoms with Crippen LogP contribution in [0.5, 0.6) is 0 Å². The third-order valence-electron chi connectivity index (χ3n) is 12.9. The van der Waals surface area contributed by atoms with Gasteiger partial charge in [-0.15, -0.1) is 0 Å². The van der Waals surface area contributed by atoms with Crippen molar-refractivity contribution in [1.29, 1.82) is 0 Å². The van der Waals surface area contributed by atoms with E-state index in [2.05, 4.69) is 0 Å². The van der Waals surface area contributed by atoms with Gasteiger partial charge in [-0.1, -0.05) is 152 Å². The van der Waals surface area contributed by atoms with Gasteiger partial charge in [-0.3, -0.25) is 24.1 Å². The van der Waals surface area contributed by atoms with E-state index >= 15 is 0 Å². The number of amides is 3. The van der Waals surface area contributed by atoms with E-state index in [0.29, 0.717) is 12.8 Å². The number of Topliss-reactive ketones (excluding diaryl/α,β-unsaturated/α-hetero) is 2. The van der Waals surface area contributed by atoms with E-state index in [-0.39, 0.29) is 49.6 Å². The predicted octanol–water partition coefficient (Wildman–Crippen LogP) is 12.6. The number of hydrogen-bond acceptors (Lipinski definition) is 12. The van der Waals surface area contributed by atoms with Crippen LogP contribution in [0.3, 0.4) is 0 Å². The largest absolute Gasteiger partial charge is 0.520 e. The second-order valence-corrected chi connectivity index (χ2v) is 29.6. The lowest BCUT2D eigenvalue weighted by molar-refractivity contribution is -0.144. The summed E-state index contributed by atoms with van der Waals surface area (Å²) in [4.78, 5) is 104. The van der Waals surface area contributed by atoms with Crippen LogP contribution in [0.2, 0.25) is 19.6 Å². The van der Waals surface area contributed by atoms with Crippen LogP contribution < -0.4 is 0 Å². The number of carbonyl (C=O) groups is 8. The van der Waals surface area contributed by atoms with Crippen molar-refractivity contribution in [3.05, 3.63) is 179 Å². The number of nitrogens with zero attached hydrogens (tertiary/aromatic N) is 3. The van der Waals surface area contributed by atoms with Crippen molar-refractivity contribution in [2.45, 2.75) is 162 Å². The number of carbonyl (C=O) groups excluding carboxylic acids is 6. The Hall–Kier alpha value is -8.12. The van der Waals surface area contributed by atoms with Crippen molar-refractivity contribution < 1.29 is 67.2 Å². The van der Waals surface area contributed by atoms with Crippen LogP contribution in [0.4, 0.5) is 14.4 Å². The zero-order valence-corrected chi connectivity index (χ0v) is 53.9. The first-order valence-electron chi connectivity index (χ1n) is 28.8. The lowest BCUT2D eigenvalue weighted by Gasteiger charge is -2.31. The Kier molecular flexibility index (Phi) is 28.1. The molecule has 0 aliphatic carbocycles. The molecule has 0 heterocycles. The molecule has 5 aromatic carbocycles. The summed E-state index contributed by atoms with van der Waals surface area (Å²) in [7, 11) is 2.38. The number of likely N-dealkylation sites (N-methyl/N-ethyl adjacent to an activating group) is 3. The molecule has 5 rings (SSSR count). The summed E-state index contributed by atoms with van der Waals surface area (Å²) in [6, 6.07) is 44.4. The maximum absolute atomic E-state index is 13.7. The lowest BCUT2D eigenvalue weighted by atomic mass is 9.90. The van der Waals surface area contributed by atoms with Gasteiger partial charge in [0.2, 0.25) is 8.32 Å². The fourth-order valence-electron chi connectivity index (χ4n) is 8.64. The number of aliphatic carboxylic acids is 2. The topological polar surface area (TPSA) is 224 Å². The van der Waals surface area contributed by atoms with Crippen molar-refractivity contribution in [3.63, 3.8) is 0 Å². The molecule has 5 atom stereocenters. The molecular weight excluding hydrogens is 1110 g/mol. The molecule has 86 heavy (non-hydrogen) atoms. The Bertz CT molecular complexity index is 2940. The first-order valence-corrected chi connectivity index (χ1v) is 32.2. The molecule has 2 N–H and O–H groups in total. The van der Waals surface area contributed by atoms with Crippen molar-refractivity contribution in [2.24, 2.45) is 11.8 Å². The standard InChI is InChI=1S/C28H39NO5Si.C25H31NO5.C15H21NO4/c1-28(2,3)33-27(32)29(4)24(19-22-16-12-9-13-17-22)25(30)20-23(26(31)34-35(5,6)7)18-21-14-10-8-11-15-21;1-25(2,3)31-24(30)26(4)21(16-19-13-9-6-10-14-19)22(27)17-20(23(28)29)15-18-11-7-5-8-12-18;1-15(2,3)20-14(19)16(4)12(13(17)18)10-11-8-6-5-7-9-11/h8-17,23-24H,18-20H2,1-7H3;5-14,20-21H,15-17H2,1-4H3,(H,28,29);5-9,12H,10H2,1-4H3,(H,17,18)/t23-,24+;20-,21+;12-/m110/s1. The maximum atomic E-state index is 13.7. The van der Waals surface area contributed by atoms with Crippen LogP contribution in [-0.4, -0.2) is 137 Å². The maximum Gasteiger partial charge on any atom is 0.410 e. The molecule has 0 saturated heterocycles. The highest BCUT2D eigenvalue weighted by Gasteiger charge is 2.37. The minimum atomic E-state index is -2.15. The highest BCUT2D eigenvalue weighted by Crippen LogP contribution is 2.24. The van der Waals surface area contributed by atoms with Gasteiger partial charge in [0.25, 0.3) is 5.97 Å². The molecule has 0 aliphatic rings. The first-order chi connectivity index (χ1) is 40.0. The van der Waals surface area contributed by atoms with Gasteiger partial charge in [-0.05, 0) is 123 Å². The first kappa shape index (κ1) is 72.1. The average molecular weight is 1200 g/mol. The van der Waals surface area contributed by atoms with E-state index in [0.717, 1.165) is 32.7 Å². The molecule has 0 fully saturated rings. The number of ether oxygens (including phenoxy) is 3. The van der Waals surface area contributed by atoms with Crippen LogP contribution >= 0.6 is 0 Å². The zero-order valence-electron chi connectivity index (χ0n) is 52.9. The summed E-state index contributed by atoms with van der Waals surface area (Å²) < 4.78 is 21.9. The zero-order chi connectivity index (χ0) is 64.6. The molecule has 17 nitrogen and oxygen atoms in total. The molecule has 0 bridgehead atoms. The number of carboxylic acids is 2. The van der Waals surface area contributed by atoms with E-state index in [9.17, 15) is 48.6 Å². The summed E-state index contributed by atoms with van der Waals surface area (Å²) >= 11 is 0. The van der Waals surface area contributed by atoms with Gasteiger partial charge in [0.15, 0.2) is 11.6 Å². The van der Waals surface area contributed by atoms with Crippen molar-refractivity contribution in [2.75, 3.05) is 21.1 Å². The van der Waals surface area contributed by atoms with Gasteiger partial charge in [0.1, 0.15) is 22.8 Å². The third-order valence-corrected chi connectivity index (χ3v) is 13.7. The summed E-state index contributed by atoms with van der Waals surface area (Å²) in [6.45, 7) is 21.7. The summed E-state index contributed by atoms with van der Waals surface area (Å²) in [5.74, 6) is -4.46. The van der Waals surface area contributed by atoms with Gasteiger partial charge < -0.3 is 38.6 Å². The third kappa shape index (κ3) is 27.7. The van der Waals surface area contributed by atoms with E-state index in [1.807, 2.05) is 171 Å². The van der Waals surface area contributed by atoms with Crippen molar-refractivity contribution >= 4 is 56.1 Å². The van der Waals surface area contributed by atoms with E-state index < -0.39 is 85.3 Å². The van der Waals surface area contributed by atoms with Gasteiger partial charge >= 0.3 is 30.2 Å². The minimum absolute atomic E-state index is 0.0250. The summed E-state index contributed by atoms with van der Waals surface area (Å²) in [6.07, 6.45) is -0.526. The molecule has 466 valence electrons. The summed E-state index contributed by atoms with van der Waals surface area (Å²) in [5.41, 5.74) is 2.42. The van der Waals surface area contributed by atoms with E-state index in [1.54, 1.807) is 69.4 Å². The van der Waals surface area contributed by atoms with Crippen LogP contribution in [0, 0.1) is 11.8 Å². The Morgan fingerprint density at radius 3 is 0.884 bits per heavy atom.